The molecule has 0 bridgehead atoms. The summed E-state index contributed by atoms with van der Waals surface area (Å²) in [5.41, 5.74) is 7.73. The molecule has 0 aliphatic rings. The number of fused-ring (bicyclic) bond motifs is 1. The smallest absolute Gasteiger partial charge is 0.278 e. The molecule has 0 unspecified atom stereocenters. The van der Waals surface area contributed by atoms with Crippen molar-refractivity contribution in [2.75, 3.05) is 0 Å². The van der Waals surface area contributed by atoms with Gasteiger partial charge >= 0.3 is 0 Å². The summed E-state index contributed by atoms with van der Waals surface area (Å²) in [4.78, 5) is 27.4. The van der Waals surface area contributed by atoms with Gasteiger partial charge in [-0.25, -0.2) is 0 Å². The molecule has 1 amide bonds. The average molecular weight is 321 g/mol. The number of H-pyrrole nitrogens is 1. The molecular weight excluding hydrogens is 306 g/mol. The van der Waals surface area contributed by atoms with Crippen LogP contribution >= 0.6 is 0 Å². The molecule has 0 radical (unpaired) electrons. The number of carbonyl (C=O) groups is 1. The van der Waals surface area contributed by atoms with Crippen LogP contribution < -0.4 is 11.3 Å². The monoisotopic (exact) mass is 321 g/mol. The van der Waals surface area contributed by atoms with Gasteiger partial charge in [0.2, 0.25) is 5.91 Å². The molecular formula is C17H15N5O2. The van der Waals surface area contributed by atoms with Crippen LogP contribution in [0.3, 0.4) is 0 Å². The molecule has 3 rings (SSSR count). The Labute approximate surface area is 137 Å². The highest BCUT2D eigenvalue weighted by Crippen LogP contribution is 2.26. The molecule has 7 heteroatoms. The summed E-state index contributed by atoms with van der Waals surface area (Å²) < 4.78 is 1.19. The second-order valence-corrected chi connectivity index (χ2v) is 5.75. The van der Waals surface area contributed by atoms with Crippen LogP contribution in [-0.2, 0) is 0 Å². The van der Waals surface area contributed by atoms with Crippen LogP contribution in [0.15, 0.2) is 35.3 Å². The Morgan fingerprint density at radius 3 is 2.79 bits per heavy atom. The van der Waals surface area contributed by atoms with Gasteiger partial charge in [-0.05, 0) is 23.6 Å². The van der Waals surface area contributed by atoms with Gasteiger partial charge in [0, 0.05) is 11.1 Å². The third-order valence-electron chi connectivity index (χ3n) is 3.84. The second kappa shape index (κ2) is 5.66. The van der Waals surface area contributed by atoms with E-state index in [2.05, 4.69) is 10.1 Å². The van der Waals surface area contributed by atoms with Crippen LogP contribution in [0.4, 0.5) is 0 Å². The first-order valence-electron chi connectivity index (χ1n) is 7.38. The highest BCUT2D eigenvalue weighted by atomic mass is 16.1. The van der Waals surface area contributed by atoms with E-state index in [0.29, 0.717) is 28.0 Å². The molecule has 0 fully saturated rings. The third-order valence-corrected chi connectivity index (χ3v) is 3.84. The number of primary amides is 1. The van der Waals surface area contributed by atoms with Gasteiger partial charge in [0.15, 0.2) is 5.65 Å². The lowest BCUT2D eigenvalue weighted by atomic mass is 9.97. The number of benzene rings is 1. The van der Waals surface area contributed by atoms with Gasteiger partial charge in [-0.1, -0.05) is 26.0 Å². The summed E-state index contributed by atoms with van der Waals surface area (Å²) in [6, 6.07) is 8.72. The number of nitriles is 1. The number of hydrogen-bond acceptors (Lipinski definition) is 4. The predicted molar refractivity (Wildman–Crippen MR) is 88.6 cm³/mol. The average Bonchev–Trinajstić information content (AvgIpc) is 2.97. The number of nitrogens with zero attached hydrogens (tertiary/aromatic N) is 3. The molecule has 7 nitrogen and oxygen atoms in total. The fourth-order valence-electron chi connectivity index (χ4n) is 2.70. The molecule has 2 heterocycles. The summed E-state index contributed by atoms with van der Waals surface area (Å²) in [5, 5.41) is 13.2. The highest BCUT2D eigenvalue weighted by Gasteiger charge is 2.19. The van der Waals surface area contributed by atoms with Crippen LogP contribution in [0.2, 0.25) is 0 Å². The van der Waals surface area contributed by atoms with E-state index in [1.807, 2.05) is 19.9 Å². The molecule has 0 atom stereocenters. The van der Waals surface area contributed by atoms with Crippen molar-refractivity contribution in [1.82, 2.24) is 14.6 Å². The Morgan fingerprint density at radius 1 is 1.42 bits per heavy atom. The van der Waals surface area contributed by atoms with Crippen molar-refractivity contribution < 1.29 is 4.79 Å². The van der Waals surface area contributed by atoms with Gasteiger partial charge in [-0.15, -0.1) is 0 Å². The minimum atomic E-state index is -0.548. The van der Waals surface area contributed by atoms with E-state index in [0.717, 1.165) is 0 Å². The third kappa shape index (κ3) is 2.34. The van der Waals surface area contributed by atoms with Crippen molar-refractivity contribution in [1.29, 1.82) is 5.26 Å². The van der Waals surface area contributed by atoms with Crippen LogP contribution in [0.1, 0.15) is 41.3 Å². The molecule has 2 aromatic heterocycles. The van der Waals surface area contributed by atoms with E-state index in [1.165, 1.54) is 10.7 Å². The van der Waals surface area contributed by atoms with Crippen molar-refractivity contribution in [2.24, 2.45) is 5.73 Å². The summed E-state index contributed by atoms with van der Waals surface area (Å²) >= 11 is 0. The van der Waals surface area contributed by atoms with Crippen molar-refractivity contribution in [3.8, 4) is 17.3 Å². The summed E-state index contributed by atoms with van der Waals surface area (Å²) in [7, 11) is 0. The maximum Gasteiger partial charge on any atom is 0.278 e. The molecule has 120 valence electrons. The number of carbonyl (C=O) groups excluding carboxylic acids is 1. The molecule has 0 aliphatic heterocycles. The molecule has 24 heavy (non-hydrogen) atoms. The quantitative estimate of drug-likeness (QED) is 0.764. The van der Waals surface area contributed by atoms with Crippen molar-refractivity contribution in [3.05, 3.63) is 57.5 Å². The van der Waals surface area contributed by atoms with Crippen LogP contribution in [0.5, 0.6) is 0 Å². The topological polar surface area (TPSA) is 117 Å². The normalized spacial score (nSPS) is 10.9. The van der Waals surface area contributed by atoms with E-state index in [-0.39, 0.29) is 17.0 Å². The second-order valence-electron chi connectivity index (χ2n) is 5.75. The Hall–Kier alpha value is -3.40. The maximum atomic E-state index is 12.8. The molecule has 0 aliphatic carbocycles. The van der Waals surface area contributed by atoms with Crippen molar-refractivity contribution in [3.63, 3.8) is 0 Å². The van der Waals surface area contributed by atoms with Crippen LogP contribution in [0, 0.1) is 11.3 Å². The Bertz CT molecular complexity index is 1050. The number of aromatic amines is 1. The van der Waals surface area contributed by atoms with Crippen LogP contribution in [-0.4, -0.2) is 20.5 Å². The zero-order valence-electron chi connectivity index (χ0n) is 13.2. The Kier molecular flexibility index (Phi) is 3.66. The molecule has 0 spiro atoms. The number of hydrogen-bond donors (Lipinski definition) is 2. The van der Waals surface area contributed by atoms with Crippen molar-refractivity contribution >= 4 is 11.6 Å². The number of amides is 1. The van der Waals surface area contributed by atoms with Gasteiger partial charge < -0.3 is 10.7 Å². The first-order chi connectivity index (χ1) is 11.4. The fraction of sp³-hybridized carbons (Fsp3) is 0.176. The van der Waals surface area contributed by atoms with Gasteiger partial charge in [-0.3, -0.25) is 9.59 Å². The molecule has 3 N–H and O–H groups in total. The predicted octanol–water partition coefficient (Wildman–Crippen LogP) is 1.78. The van der Waals surface area contributed by atoms with Gasteiger partial charge in [0.05, 0.1) is 11.9 Å². The van der Waals surface area contributed by atoms with Gasteiger partial charge in [0.1, 0.15) is 11.6 Å². The molecule has 0 saturated carbocycles. The van der Waals surface area contributed by atoms with Crippen LogP contribution in [0.25, 0.3) is 16.9 Å². The van der Waals surface area contributed by atoms with Gasteiger partial charge in [-0.2, -0.15) is 14.9 Å². The summed E-state index contributed by atoms with van der Waals surface area (Å²) in [5.74, 6) is -0.631. The largest absolute Gasteiger partial charge is 0.366 e. The Balaban J connectivity index is 2.40. The lowest BCUT2D eigenvalue weighted by molar-refractivity contribution is 0.100. The summed E-state index contributed by atoms with van der Waals surface area (Å²) in [6.45, 7) is 3.79. The number of nitrogens with two attached hydrogens (primary N) is 1. The summed E-state index contributed by atoms with van der Waals surface area (Å²) in [6.07, 6.45) is 1.35. The maximum absolute atomic E-state index is 12.8. The minimum Gasteiger partial charge on any atom is -0.366 e. The zero-order valence-corrected chi connectivity index (χ0v) is 13.2. The first-order valence-corrected chi connectivity index (χ1v) is 7.38. The Morgan fingerprint density at radius 2 is 2.17 bits per heavy atom. The highest BCUT2D eigenvalue weighted by molar-refractivity contribution is 5.94. The number of nitrogens with one attached hydrogen (secondary N) is 1. The molecule has 0 saturated heterocycles. The van der Waals surface area contributed by atoms with E-state index >= 15 is 0 Å². The minimum absolute atomic E-state index is 0.0832. The van der Waals surface area contributed by atoms with E-state index in [4.69, 9.17) is 5.73 Å². The SMILES string of the molecule is CC(C)c1c(-c2cccc(C(N)=O)c2)[nH]c2c(C#N)cnn2c1=O. The number of rotatable bonds is 3. The molecule has 1 aromatic carbocycles. The standard InChI is InChI=1S/C17H15N5O2/c1-9(2)13-14(10-4-3-5-11(6-10)15(19)23)21-16-12(7-18)8-20-22(16)17(13)24/h3-6,8-9,21H,1-2H3,(H2,19,23). The van der Waals surface area contributed by atoms with Crippen molar-refractivity contribution in [2.45, 2.75) is 19.8 Å². The first kappa shape index (κ1) is 15.5. The lowest BCUT2D eigenvalue weighted by Crippen LogP contribution is -2.22. The van der Waals surface area contributed by atoms with E-state index < -0.39 is 5.91 Å². The van der Waals surface area contributed by atoms with Gasteiger partial charge in [0.25, 0.3) is 5.56 Å². The lowest BCUT2D eigenvalue weighted by Gasteiger charge is -2.13. The van der Waals surface area contributed by atoms with E-state index in [9.17, 15) is 14.9 Å². The molecule has 3 aromatic rings. The zero-order chi connectivity index (χ0) is 17.4. The van der Waals surface area contributed by atoms with E-state index in [1.54, 1.807) is 24.3 Å². The number of aromatic nitrogens is 3. The fourth-order valence-corrected chi connectivity index (χ4v) is 2.70.